The van der Waals surface area contributed by atoms with Gasteiger partial charge in [0.05, 0.1) is 0 Å². The second kappa shape index (κ2) is 7.44. The Morgan fingerprint density at radius 3 is 2.61 bits per heavy atom. The zero-order valence-electron chi connectivity index (χ0n) is 12.4. The Morgan fingerprint density at radius 1 is 1.22 bits per heavy atom. The highest BCUT2D eigenvalue weighted by Crippen LogP contribution is 2.13. The maximum Gasteiger partial charge on any atom is 0.244 e. The Kier molecular flexibility index (Phi) is 5.35. The maximum atomic E-state index is 13.1. The molecular formula is C16H15F2N3O2. The van der Waals surface area contributed by atoms with Gasteiger partial charge in [0, 0.05) is 37.6 Å². The van der Waals surface area contributed by atoms with Crippen LogP contribution < -0.4 is 5.32 Å². The summed E-state index contributed by atoms with van der Waals surface area (Å²) < 4.78 is 26.0. The fourth-order valence-electron chi connectivity index (χ4n) is 1.94. The van der Waals surface area contributed by atoms with E-state index in [0.717, 1.165) is 17.7 Å². The Balaban J connectivity index is 2.00. The molecule has 7 heteroatoms. The lowest BCUT2D eigenvalue weighted by Gasteiger charge is -2.20. The minimum atomic E-state index is -1.05. The average molecular weight is 319 g/mol. The molecule has 2 rings (SSSR count). The molecule has 0 saturated carbocycles. The quantitative estimate of drug-likeness (QED) is 0.920. The van der Waals surface area contributed by atoms with E-state index in [2.05, 4.69) is 10.3 Å². The summed E-state index contributed by atoms with van der Waals surface area (Å²) in [6, 6.07) is 6.57. The summed E-state index contributed by atoms with van der Waals surface area (Å²) in [5.41, 5.74) is 0.905. The first-order valence-corrected chi connectivity index (χ1v) is 6.85. The van der Waals surface area contributed by atoms with Crippen LogP contribution >= 0.6 is 0 Å². The third kappa shape index (κ3) is 4.84. The van der Waals surface area contributed by atoms with Crippen molar-refractivity contribution in [1.82, 2.24) is 9.88 Å². The molecule has 0 saturated heterocycles. The van der Waals surface area contributed by atoms with E-state index in [1.807, 2.05) is 0 Å². The van der Waals surface area contributed by atoms with E-state index in [0.29, 0.717) is 0 Å². The number of benzene rings is 1. The molecule has 0 aliphatic heterocycles. The van der Waals surface area contributed by atoms with Crippen molar-refractivity contribution in [2.24, 2.45) is 0 Å². The predicted octanol–water partition coefficient (Wildman–Crippen LogP) is 2.35. The molecule has 5 nitrogen and oxygen atoms in total. The molecule has 1 heterocycles. The van der Waals surface area contributed by atoms with Crippen LogP contribution in [-0.2, 0) is 16.1 Å². The molecule has 2 aromatic rings. The summed E-state index contributed by atoms with van der Waals surface area (Å²) in [5.74, 6) is -2.84. The molecule has 0 bridgehead atoms. The summed E-state index contributed by atoms with van der Waals surface area (Å²) in [6.07, 6.45) is 3.21. The van der Waals surface area contributed by atoms with E-state index in [9.17, 15) is 18.4 Å². The number of anilines is 1. The summed E-state index contributed by atoms with van der Waals surface area (Å²) in [5, 5.41) is 2.43. The van der Waals surface area contributed by atoms with Gasteiger partial charge in [-0.2, -0.15) is 0 Å². The molecule has 1 N–H and O–H groups in total. The van der Waals surface area contributed by atoms with E-state index >= 15 is 0 Å². The van der Waals surface area contributed by atoms with Crippen LogP contribution in [0.25, 0.3) is 0 Å². The number of hydrogen-bond donors (Lipinski definition) is 1. The normalized spacial score (nSPS) is 10.2. The third-order valence-corrected chi connectivity index (χ3v) is 3.08. The number of aromatic nitrogens is 1. The van der Waals surface area contributed by atoms with Crippen molar-refractivity contribution in [2.75, 3.05) is 11.9 Å². The Labute approximate surface area is 131 Å². The van der Waals surface area contributed by atoms with Crippen LogP contribution in [0, 0.1) is 11.6 Å². The van der Waals surface area contributed by atoms with Gasteiger partial charge >= 0.3 is 0 Å². The van der Waals surface area contributed by atoms with Crippen LogP contribution in [0.3, 0.4) is 0 Å². The molecule has 0 atom stereocenters. The van der Waals surface area contributed by atoms with Crippen molar-refractivity contribution in [3.05, 3.63) is 59.9 Å². The molecule has 0 spiro atoms. The molecular weight excluding hydrogens is 304 g/mol. The summed E-state index contributed by atoms with van der Waals surface area (Å²) in [6.45, 7) is 1.37. The van der Waals surface area contributed by atoms with Crippen molar-refractivity contribution in [2.45, 2.75) is 13.5 Å². The van der Waals surface area contributed by atoms with Crippen LogP contribution in [0.5, 0.6) is 0 Å². The Bertz CT molecular complexity index is 708. The first-order chi connectivity index (χ1) is 11.0. The van der Waals surface area contributed by atoms with Crippen molar-refractivity contribution >= 4 is 17.5 Å². The van der Waals surface area contributed by atoms with Crippen LogP contribution in [-0.4, -0.2) is 28.2 Å². The van der Waals surface area contributed by atoms with Crippen LogP contribution in [0.4, 0.5) is 14.5 Å². The maximum absolute atomic E-state index is 13.1. The molecule has 1 aromatic heterocycles. The molecule has 1 aromatic carbocycles. The van der Waals surface area contributed by atoms with Gasteiger partial charge in [-0.05, 0) is 23.8 Å². The van der Waals surface area contributed by atoms with E-state index < -0.39 is 17.5 Å². The molecule has 23 heavy (non-hydrogen) atoms. The Hall–Kier alpha value is -2.83. The minimum absolute atomic E-state index is 0.124. The van der Waals surface area contributed by atoms with Gasteiger partial charge in [0.1, 0.15) is 6.54 Å². The van der Waals surface area contributed by atoms with Crippen LogP contribution in [0.1, 0.15) is 12.5 Å². The SMILES string of the molecule is CC(=O)N(CC(=O)Nc1ccc(F)c(F)c1)Cc1cccnc1. The fraction of sp³-hybridized carbons (Fsp3) is 0.188. The average Bonchev–Trinajstić information content (AvgIpc) is 2.51. The summed E-state index contributed by atoms with van der Waals surface area (Å²) >= 11 is 0. The highest BCUT2D eigenvalue weighted by Gasteiger charge is 2.15. The molecule has 2 amide bonds. The summed E-state index contributed by atoms with van der Waals surface area (Å²) in [4.78, 5) is 28.9. The van der Waals surface area contributed by atoms with Crippen LogP contribution in [0.2, 0.25) is 0 Å². The lowest BCUT2D eigenvalue weighted by atomic mass is 10.2. The summed E-state index contributed by atoms with van der Waals surface area (Å²) in [7, 11) is 0. The van der Waals surface area contributed by atoms with Crippen LogP contribution in [0.15, 0.2) is 42.7 Å². The van der Waals surface area contributed by atoms with E-state index in [1.54, 1.807) is 24.5 Å². The number of amides is 2. The number of carbonyl (C=O) groups is 2. The van der Waals surface area contributed by atoms with Gasteiger partial charge < -0.3 is 10.2 Å². The van der Waals surface area contributed by atoms with Gasteiger partial charge in [0.2, 0.25) is 11.8 Å². The van der Waals surface area contributed by atoms with E-state index in [4.69, 9.17) is 0 Å². The topological polar surface area (TPSA) is 62.3 Å². The molecule has 0 aliphatic rings. The number of pyridine rings is 1. The number of halogens is 2. The largest absolute Gasteiger partial charge is 0.329 e. The highest BCUT2D eigenvalue weighted by atomic mass is 19.2. The lowest BCUT2D eigenvalue weighted by Crippen LogP contribution is -2.36. The number of nitrogens with one attached hydrogen (secondary N) is 1. The zero-order chi connectivity index (χ0) is 16.8. The first kappa shape index (κ1) is 16.5. The second-order valence-corrected chi connectivity index (χ2v) is 4.91. The number of rotatable bonds is 5. The molecule has 0 fully saturated rings. The van der Waals surface area contributed by atoms with Crippen molar-refractivity contribution in [3.63, 3.8) is 0 Å². The van der Waals surface area contributed by atoms with Gasteiger partial charge in [0.25, 0.3) is 0 Å². The van der Waals surface area contributed by atoms with Crippen molar-refractivity contribution in [3.8, 4) is 0 Å². The lowest BCUT2D eigenvalue weighted by molar-refractivity contribution is -0.133. The van der Waals surface area contributed by atoms with Gasteiger partial charge in [-0.1, -0.05) is 6.07 Å². The zero-order valence-corrected chi connectivity index (χ0v) is 12.4. The molecule has 120 valence electrons. The third-order valence-electron chi connectivity index (χ3n) is 3.08. The number of carbonyl (C=O) groups excluding carboxylic acids is 2. The highest BCUT2D eigenvalue weighted by molar-refractivity contribution is 5.94. The predicted molar refractivity (Wildman–Crippen MR) is 80.3 cm³/mol. The van der Waals surface area contributed by atoms with Gasteiger partial charge in [-0.15, -0.1) is 0 Å². The molecule has 0 unspecified atom stereocenters. The number of nitrogens with zero attached hydrogens (tertiary/aromatic N) is 2. The standard InChI is InChI=1S/C16H15F2N3O2/c1-11(22)21(9-12-3-2-6-19-8-12)10-16(23)20-13-4-5-14(17)15(18)7-13/h2-8H,9-10H2,1H3,(H,20,23). The molecule has 0 radical (unpaired) electrons. The first-order valence-electron chi connectivity index (χ1n) is 6.85. The fourth-order valence-corrected chi connectivity index (χ4v) is 1.94. The van der Waals surface area contributed by atoms with Crippen molar-refractivity contribution < 1.29 is 18.4 Å². The monoisotopic (exact) mass is 319 g/mol. The van der Waals surface area contributed by atoms with E-state index in [1.165, 1.54) is 17.9 Å². The molecule has 0 aliphatic carbocycles. The van der Waals surface area contributed by atoms with Gasteiger partial charge in [-0.25, -0.2) is 8.78 Å². The number of hydrogen-bond acceptors (Lipinski definition) is 3. The smallest absolute Gasteiger partial charge is 0.244 e. The van der Waals surface area contributed by atoms with Crippen molar-refractivity contribution in [1.29, 1.82) is 0 Å². The van der Waals surface area contributed by atoms with Gasteiger partial charge in [-0.3, -0.25) is 14.6 Å². The van der Waals surface area contributed by atoms with E-state index in [-0.39, 0.29) is 24.7 Å². The van der Waals surface area contributed by atoms with Gasteiger partial charge in [0.15, 0.2) is 11.6 Å². The minimum Gasteiger partial charge on any atom is -0.329 e. The second-order valence-electron chi connectivity index (χ2n) is 4.91. The Morgan fingerprint density at radius 2 is 2.00 bits per heavy atom.